The number of likely N-dealkylation sites (tertiary alicyclic amines) is 1. The van der Waals surface area contributed by atoms with E-state index in [-0.39, 0.29) is 18.0 Å². The van der Waals surface area contributed by atoms with Gasteiger partial charge in [-0.15, -0.1) is 0 Å². The van der Waals surface area contributed by atoms with Crippen LogP contribution >= 0.6 is 0 Å². The van der Waals surface area contributed by atoms with E-state index in [1.807, 2.05) is 48.2 Å². The number of amides is 1. The van der Waals surface area contributed by atoms with Gasteiger partial charge in [-0.2, -0.15) is 12.7 Å². The molecule has 2 atom stereocenters. The lowest BCUT2D eigenvalue weighted by Crippen LogP contribution is -2.41. The summed E-state index contributed by atoms with van der Waals surface area (Å²) in [4.78, 5) is 13.4. The van der Waals surface area contributed by atoms with Gasteiger partial charge in [0.25, 0.3) is 0 Å². The molecular formula is C24H33N5O3S. The van der Waals surface area contributed by atoms with E-state index in [2.05, 4.69) is 16.7 Å². The fraction of sp³-hybridized carbons (Fsp3) is 0.458. The number of rotatable bonds is 7. The number of carbonyl (C=O) groups is 1. The number of carbonyl (C=O) groups excluding carboxylic acids is 1. The van der Waals surface area contributed by atoms with Crippen LogP contribution in [0.25, 0.3) is 0 Å². The Morgan fingerprint density at radius 3 is 2.27 bits per heavy atom. The topological polar surface area (TPSA) is 85.0 Å². The summed E-state index contributed by atoms with van der Waals surface area (Å²) in [5, 5.41) is 6.90. The molecule has 2 aromatic rings. The average molecular weight is 472 g/mol. The fourth-order valence-electron chi connectivity index (χ4n) is 4.52. The summed E-state index contributed by atoms with van der Waals surface area (Å²) in [7, 11) is -2.04. The average Bonchev–Trinajstić information content (AvgIpc) is 3.44. The highest BCUT2D eigenvalue weighted by atomic mass is 32.2. The van der Waals surface area contributed by atoms with Gasteiger partial charge in [-0.3, -0.25) is 9.10 Å². The number of nitrogens with zero attached hydrogens (tertiary/aromatic N) is 3. The number of anilines is 3. The van der Waals surface area contributed by atoms with Gasteiger partial charge in [0.05, 0.1) is 5.69 Å². The zero-order chi connectivity index (χ0) is 23.6. The molecule has 0 saturated carbocycles. The van der Waals surface area contributed by atoms with Gasteiger partial charge in [-0.1, -0.05) is 18.2 Å². The van der Waals surface area contributed by atoms with Crippen molar-refractivity contribution in [3.63, 3.8) is 0 Å². The molecule has 0 radical (unpaired) electrons. The molecule has 2 aromatic carbocycles. The first-order valence-electron chi connectivity index (χ1n) is 11.4. The van der Waals surface area contributed by atoms with Crippen molar-refractivity contribution >= 4 is 33.2 Å². The molecule has 4 rings (SSSR count). The molecule has 2 aliphatic rings. The zero-order valence-corrected chi connectivity index (χ0v) is 20.3. The standard InChI is InChI=1S/C24H33N5O3S/c1-18-6-4-7-20(14-18)25-23-11-13-29(17-23)33(31,32)27(3)24-9-5-8-21(15-24)26-22-10-12-28(16-22)19(2)30/h4-9,14-15,22-23,25-26H,10-13,16-17H2,1-3H3. The van der Waals surface area contributed by atoms with Crippen LogP contribution in [0.4, 0.5) is 17.1 Å². The van der Waals surface area contributed by atoms with Crippen LogP contribution in [0.1, 0.15) is 25.3 Å². The van der Waals surface area contributed by atoms with Crippen LogP contribution in [-0.4, -0.2) is 68.8 Å². The second-order valence-corrected chi connectivity index (χ2v) is 10.9. The van der Waals surface area contributed by atoms with Crippen LogP contribution in [0.15, 0.2) is 48.5 Å². The van der Waals surface area contributed by atoms with Crippen LogP contribution < -0.4 is 14.9 Å². The predicted octanol–water partition coefficient (Wildman–Crippen LogP) is 2.90. The maximum absolute atomic E-state index is 13.3. The molecule has 0 aromatic heterocycles. The Labute approximate surface area is 196 Å². The monoisotopic (exact) mass is 471 g/mol. The number of nitrogens with one attached hydrogen (secondary N) is 2. The molecule has 178 valence electrons. The first kappa shape index (κ1) is 23.4. The largest absolute Gasteiger partial charge is 0.381 e. The summed E-state index contributed by atoms with van der Waals surface area (Å²) in [6, 6.07) is 15.8. The number of aryl methyl sites for hydroxylation is 1. The number of hydrogen-bond donors (Lipinski definition) is 2. The Morgan fingerprint density at radius 1 is 0.970 bits per heavy atom. The molecule has 2 N–H and O–H groups in total. The van der Waals surface area contributed by atoms with E-state index in [0.29, 0.717) is 25.3 Å². The highest BCUT2D eigenvalue weighted by Crippen LogP contribution is 2.27. The minimum atomic E-state index is -3.64. The highest BCUT2D eigenvalue weighted by Gasteiger charge is 2.34. The Balaban J connectivity index is 1.39. The third-order valence-corrected chi connectivity index (χ3v) is 8.31. The van der Waals surface area contributed by atoms with E-state index in [1.165, 1.54) is 9.87 Å². The van der Waals surface area contributed by atoms with Crippen molar-refractivity contribution in [2.75, 3.05) is 48.2 Å². The quantitative estimate of drug-likeness (QED) is 0.649. The van der Waals surface area contributed by atoms with Crippen LogP contribution in [-0.2, 0) is 15.0 Å². The Hall–Kier alpha value is -2.78. The fourth-order valence-corrected chi connectivity index (χ4v) is 5.95. The highest BCUT2D eigenvalue weighted by molar-refractivity contribution is 7.90. The van der Waals surface area contributed by atoms with Gasteiger partial charge in [-0.05, 0) is 55.7 Å². The summed E-state index contributed by atoms with van der Waals surface area (Å²) in [5.74, 6) is 0.0830. The van der Waals surface area contributed by atoms with Crippen LogP contribution in [0, 0.1) is 6.92 Å². The van der Waals surface area contributed by atoms with Gasteiger partial charge in [0.2, 0.25) is 5.91 Å². The Morgan fingerprint density at radius 2 is 1.61 bits per heavy atom. The molecule has 0 spiro atoms. The van der Waals surface area contributed by atoms with Crippen molar-refractivity contribution in [3.05, 3.63) is 54.1 Å². The molecule has 1 amide bonds. The van der Waals surface area contributed by atoms with E-state index in [9.17, 15) is 13.2 Å². The lowest BCUT2D eigenvalue weighted by Gasteiger charge is -2.26. The third-order valence-electron chi connectivity index (χ3n) is 6.43. The first-order chi connectivity index (χ1) is 15.7. The summed E-state index contributed by atoms with van der Waals surface area (Å²) in [6.07, 6.45) is 1.64. The smallest absolute Gasteiger partial charge is 0.303 e. The molecular weight excluding hydrogens is 438 g/mol. The molecule has 8 nitrogen and oxygen atoms in total. The van der Waals surface area contributed by atoms with Crippen LogP contribution in [0.5, 0.6) is 0 Å². The number of benzene rings is 2. The van der Waals surface area contributed by atoms with Gasteiger partial charge in [-0.25, -0.2) is 0 Å². The molecule has 33 heavy (non-hydrogen) atoms. The summed E-state index contributed by atoms with van der Waals surface area (Å²) in [6.45, 7) is 5.95. The molecule has 9 heteroatoms. The van der Waals surface area contributed by atoms with Gasteiger partial charge in [0, 0.05) is 63.6 Å². The van der Waals surface area contributed by atoms with Crippen molar-refractivity contribution in [1.29, 1.82) is 0 Å². The maximum atomic E-state index is 13.3. The van der Waals surface area contributed by atoms with E-state index in [1.54, 1.807) is 24.3 Å². The molecule has 2 heterocycles. The van der Waals surface area contributed by atoms with Gasteiger partial charge < -0.3 is 15.5 Å². The third kappa shape index (κ3) is 5.42. The Kier molecular flexibility index (Phi) is 6.81. The van der Waals surface area contributed by atoms with Crippen molar-refractivity contribution < 1.29 is 13.2 Å². The van der Waals surface area contributed by atoms with E-state index in [4.69, 9.17) is 0 Å². The molecule has 2 fully saturated rings. The first-order valence-corrected chi connectivity index (χ1v) is 12.8. The van der Waals surface area contributed by atoms with Gasteiger partial charge in [0.1, 0.15) is 0 Å². The van der Waals surface area contributed by atoms with E-state index < -0.39 is 10.2 Å². The van der Waals surface area contributed by atoms with E-state index >= 15 is 0 Å². The Bertz CT molecular complexity index is 1110. The minimum Gasteiger partial charge on any atom is -0.381 e. The van der Waals surface area contributed by atoms with Gasteiger partial charge >= 0.3 is 10.2 Å². The minimum absolute atomic E-state index is 0.0783. The van der Waals surface area contributed by atoms with Crippen LogP contribution in [0.2, 0.25) is 0 Å². The SMILES string of the molecule is CC(=O)N1CCC(Nc2cccc(N(C)S(=O)(=O)N3CCC(Nc4cccc(C)c4)C3)c2)C1. The van der Waals surface area contributed by atoms with Crippen molar-refractivity contribution in [2.24, 2.45) is 0 Å². The van der Waals surface area contributed by atoms with Crippen molar-refractivity contribution in [2.45, 2.75) is 38.8 Å². The van der Waals surface area contributed by atoms with Crippen molar-refractivity contribution in [1.82, 2.24) is 9.21 Å². The van der Waals surface area contributed by atoms with Crippen LogP contribution in [0.3, 0.4) is 0 Å². The lowest BCUT2D eigenvalue weighted by atomic mass is 10.2. The summed E-state index contributed by atoms with van der Waals surface area (Å²) in [5.41, 5.74) is 3.64. The molecule has 2 aliphatic heterocycles. The second kappa shape index (κ2) is 9.61. The normalized spacial score (nSPS) is 21.2. The summed E-state index contributed by atoms with van der Waals surface area (Å²) < 4.78 is 29.5. The molecule has 2 unspecified atom stereocenters. The molecule has 0 bridgehead atoms. The summed E-state index contributed by atoms with van der Waals surface area (Å²) >= 11 is 0. The van der Waals surface area contributed by atoms with Gasteiger partial charge in [0.15, 0.2) is 0 Å². The second-order valence-electron chi connectivity index (χ2n) is 8.98. The zero-order valence-electron chi connectivity index (χ0n) is 19.5. The molecule has 2 saturated heterocycles. The van der Waals surface area contributed by atoms with E-state index in [0.717, 1.165) is 30.8 Å². The maximum Gasteiger partial charge on any atom is 0.303 e. The molecule has 0 aliphatic carbocycles. The number of hydrogen-bond acceptors (Lipinski definition) is 5. The lowest BCUT2D eigenvalue weighted by molar-refractivity contribution is -0.127. The predicted molar refractivity (Wildman–Crippen MR) is 133 cm³/mol. The van der Waals surface area contributed by atoms with Crippen molar-refractivity contribution in [3.8, 4) is 0 Å².